The average Bonchev–Trinajstić information content (AvgIpc) is 1.87. The maximum Gasteiger partial charge on any atom is 0.161 e. The molecule has 0 unspecified atom stereocenters. The molecule has 0 N–H and O–H groups in total. The molecule has 0 aromatic rings. The van der Waals surface area contributed by atoms with Crippen LogP contribution in [0.15, 0.2) is 0 Å². The summed E-state index contributed by atoms with van der Waals surface area (Å²) >= 11 is 14.2. The first-order chi connectivity index (χ1) is 4.77. The Labute approximate surface area is 82.5 Å². The molecular weight excluding hydrogens is 255 g/mol. The molecule has 0 fully saturated rings. The second kappa shape index (κ2) is 8.33. The van der Waals surface area contributed by atoms with Crippen LogP contribution in [0.3, 0.4) is 0 Å². The summed E-state index contributed by atoms with van der Waals surface area (Å²) in [7, 11) is -0.341. The number of hydrogen-bond acceptors (Lipinski definition) is 1. The van der Waals surface area contributed by atoms with Crippen molar-refractivity contribution in [1.82, 2.24) is 0 Å². The summed E-state index contributed by atoms with van der Waals surface area (Å²) in [4.78, 5) is -0.350. The highest BCUT2D eigenvalue weighted by atomic mass is 79.9. The molecule has 0 aromatic carbocycles. The molecule has 0 rings (SSSR count). The van der Waals surface area contributed by atoms with E-state index in [0.29, 0.717) is 6.61 Å². The highest BCUT2D eigenvalue weighted by Gasteiger charge is 1.96. The summed E-state index contributed by atoms with van der Waals surface area (Å²) in [5, 5.41) is 1.06. The van der Waals surface area contributed by atoms with E-state index in [2.05, 4.69) is 15.9 Å². The molecule has 0 aliphatic rings. The maximum absolute atomic E-state index is 5.44. The van der Waals surface area contributed by atoms with Crippen molar-refractivity contribution in [3.63, 3.8) is 0 Å². The third kappa shape index (κ3) is 9.24. The standard InChI is InChI=1S/C5H11BrCl2OSi/c6-2-1-3-10-9-4-5(7)8/h5H,1-4,10H2. The van der Waals surface area contributed by atoms with Gasteiger partial charge in [-0.2, -0.15) is 0 Å². The van der Waals surface area contributed by atoms with Crippen LogP contribution >= 0.6 is 39.1 Å². The highest BCUT2D eigenvalue weighted by Crippen LogP contribution is 2.01. The van der Waals surface area contributed by atoms with Gasteiger partial charge in [-0.3, -0.25) is 0 Å². The van der Waals surface area contributed by atoms with Crippen molar-refractivity contribution in [2.45, 2.75) is 17.3 Å². The molecule has 0 bridgehead atoms. The van der Waals surface area contributed by atoms with E-state index in [1.807, 2.05) is 0 Å². The van der Waals surface area contributed by atoms with E-state index in [4.69, 9.17) is 27.6 Å². The molecule has 1 nitrogen and oxygen atoms in total. The predicted octanol–water partition coefficient (Wildman–Crippen LogP) is 2.09. The van der Waals surface area contributed by atoms with Crippen LogP contribution < -0.4 is 0 Å². The second-order valence-corrected chi connectivity index (χ2v) is 5.46. The van der Waals surface area contributed by atoms with Gasteiger partial charge in [-0.1, -0.05) is 15.9 Å². The van der Waals surface area contributed by atoms with Crippen LogP contribution in [0.2, 0.25) is 6.04 Å². The van der Waals surface area contributed by atoms with Gasteiger partial charge in [0, 0.05) is 5.33 Å². The molecule has 0 spiro atoms. The lowest BCUT2D eigenvalue weighted by Gasteiger charge is -2.01. The fourth-order valence-corrected chi connectivity index (χ4v) is 3.14. The van der Waals surface area contributed by atoms with E-state index < -0.39 is 0 Å². The molecule has 10 heavy (non-hydrogen) atoms. The van der Waals surface area contributed by atoms with E-state index in [-0.39, 0.29) is 14.6 Å². The van der Waals surface area contributed by atoms with E-state index in [1.54, 1.807) is 0 Å². The molecule has 0 saturated heterocycles. The minimum Gasteiger partial charge on any atom is -0.421 e. The van der Waals surface area contributed by atoms with E-state index >= 15 is 0 Å². The van der Waals surface area contributed by atoms with Crippen LogP contribution in [0.25, 0.3) is 0 Å². The largest absolute Gasteiger partial charge is 0.421 e. The lowest BCUT2D eigenvalue weighted by atomic mass is 10.6. The van der Waals surface area contributed by atoms with Gasteiger partial charge in [0.1, 0.15) is 4.84 Å². The quantitative estimate of drug-likeness (QED) is 0.406. The Balaban J connectivity index is 2.77. The molecule has 0 aromatic heterocycles. The summed E-state index contributed by atoms with van der Waals surface area (Å²) in [6, 6.07) is 1.20. The van der Waals surface area contributed by atoms with Crippen molar-refractivity contribution in [2.24, 2.45) is 0 Å². The topological polar surface area (TPSA) is 9.23 Å². The molecule has 0 amide bonds. The minimum absolute atomic E-state index is 0.341. The average molecular weight is 266 g/mol. The summed E-state index contributed by atoms with van der Waals surface area (Å²) in [6.45, 7) is 0.498. The van der Waals surface area contributed by atoms with E-state index in [0.717, 1.165) is 5.33 Å². The van der Waals surface area contributed by atoms with Gasteiger partial charge in [0.15, 0.2) is 9.76 Å². The van der Waals surface area contributed by atoms with Crippen LogP contribution in [0, 0.1) is 0 Å². The van der Waals surface area contributed by atoms with Gasteiger partial charge in [-0.15, -0.1) is 23.2 Å². The third-order valence-corrected chi connectivity index (χ3v) is 3.04. The first-order valence-electron chi connectivity index (χ1n) is 3.19. The fourth-order valence-electron chi connectivity index (χ4n) is 0.471. The Morgan fingerprint density at radius 2 is 2.20 bits per heavy atom. The molecule has 0 aliphatic heterocycles. The molecule has 0 saturated carbocycles. The Morgan fingerprint density at radius 3 is 2.70 bits per heavy atom. The van der Waals surface area contributed by atoms with Gasteiger partial charge < -0.3 is 4.43 Å². The lowest BCUT2D eigenvalue weighted by molar-refractivity contribution is 0.353. The number of alkyl halides is 3. The van der Waals surface area contributed by atoms with Crippen LogP contribution in [-0.2, 0) is 4.43 Å². The Kier molecular flexibility index (Phi) is 9.37. The number of halogens is 3. The monoisotopic (exact) mass is 264 g/mol. The van der Waals surface area contributed by atoms with Crippen molar-refractivity contribution in [2.75, 3.05) is 11.9 Å². The molecule has 0 radical (unpaired) electrons. The lowest BCUT2D eigenvalue weighted by Crippen LogP contribution is -2.05. The van der Waals surface area contributed by atoms with Gasteiger partial charge >= 0.3 is 0 Å². The predicted molar refractivity (Wildman–Crippen MR) is 53.2 cm³/mol. The molecule has 62 valence electrons. The molecular formula is C5H11BrCl2OSi. The summed E-state index contributed by atoms with van der Waals surface area (Å²) < 4.78 is 5.25. The Hall–Kier alpha value is 1.24. The normalized spacial score (nSPS) is 12.0. The first-order valence-corrected chi connectivity index (χ1v) is 6.76. The van der Waals surface area contributed by atoms with Gasteiger partial charge in [0.05, 0.1) is 6.61 Å². The zero-order valence-electron chi connectivity index (χ0n) is 5.66. The fraction of sp³-hybridized carbons (Fsp3) is 1.00. The third-order valence-electron chi connectivity index (χ3n) is 0.916. The smallest absolute Gasteiger partial charge is 0.161 e. The zero-order chi connectivity index (χ0) is 7.82. The van der Waals surface area contributed by atoms with Crippen LogP contribution in [0.1, 0.15) is 6.42 Å². The van der Waals surface area contributed by atoms with Gasteiger partial charge in [-0.25, -0.2) is 0 Å². The summed E-state index contributed by atoms with van der Waals surface area (Å²) in [6.07, 6.45) is 1.20. The molecule has 0 atom stereocenters. The van der Waals surface area contributed by atoms with Crippen molar-refractivity contribution in [3.05, 3.63) is 0 Å². The first kappa shape index (κ1) is 11.2. The van der Waals surface area contributed by atoms with Crippen LogP contribution in [-0.4, -0.2) is 26.5 Å². The van der Waals surface area contributed by atoms with E-state index in [9.17, 15) is 0 Å². The van der Waals surface area contributed by atoms with Gasteiger partial charge in [0.25, 0.3) is 0 Å². The minimum atomic E-state index is -0.350. The zero-order valence-corrected chi connectivity index (χ0v) is 10.2. The molecule has 0 aliphatic carbocycles. The van der Waals surface area contributed by atoms with Gasteiger partial charge in [-0.05, 0) is 12.5 Å². The van der Waals surface area contributed by atoms with Gasteiger partial charge in [0.2, 0.25) is 0 Å². The summed E-state index contributed by atoms with van der Waals surface area (Å²) in [5.74, 6) is 0. The van der Waals surface area contributed by atoms with E-state index in [1.165, 1.54) is 12.5 Å². The van der Waals surface area contributed by atoms with Crippen molar-refractivity contribution in [1.29, 1.82) is 0 Å². The van der Waals surface area contributed by atoms with Crippen molar-refractivity contribution >= 4 is 48.9 Å². The number of hydrogen-bond donors (Lipinski definition) is 0. The SMILES string of the molecule is ClC(Cl)CO[SiH2]CCCBr. The summed E-state index contributed by atoms with van der Waals surface area (Å²) in [5.41, 5.74) is 0. The second-order valence-electron chi connectivity index (χ2n) is 1.86. The number of rotatable bonds is 6. The Morgan fingerprint density at radius 1 is 1.50 bits per heavy atom. The van der Waals surface area contributed by atoms with Crippen molar-refractivity contribution in [3.8, 4) is 0 Å². The molecule has 0 heterocycles. The Bertz CT molecular complexity index is 74.7. The van der Waals surface area contributed by atoms with Crippen LogP contribution in [0.5, 0.6) is 0 Å². The van der Waals surface area contributed by atoms with Crippen molar-refractivity contribution < 1.29 is 4.43 Å². The molecule has 5 heteroatoms. The highest BCUT2D eigenvalue weighted by molar-refractivity contribution is 9.09. The maximum atomic E-state index is 5.44. The van der Waals surface area contributed by atoms with Crippen LogP contribution in [0.4, 0.5) is 0 Å².